The Hall–Kier alpha value is -2.85. The molecule has 0 aliphatic carbocycles. The predicted molar refractivity (Wildman–Crippen MR) is 146 cm³/mol. The van der Waals surface area contributed by atoms with Crippen LogP contribution >= 0.6 is 0 Å². The Morgan fingerprint density at radius 2 is 1.78 bits per heavy atom. The molecule has 1 amide bonds. The maximum atomic E-state index is 13.9. The van der Waals surface area contributed by atoms with E-state index in [9.17, 15) is 4.79 Å². The lowest BCUT2D eigenvalue weighted by Gasteiger charge is -2.58. The average molecular weight is 480 g/mol. The highest BCUT2D eigenvalue weighted by molar-refractivity contribution is 6.01. The van der Waals surface area contributed by atoms with E-state index in [0.717, 1.165) is 37.5 Å². The third kappa shape index (κ3) is 3.64. The fourth-order valence-corrected chi connectivity index (χ4v) is 8.01. The van der Waals surface area contributed by atoms with Crippen molar-refractivity contribution in [3.8, 4) is 0 Å². The van der Waals surface area contributed by atoms with Gasteiger partial charge in [-0.15, -0.1) is 0 Å². The Morgan fingerprint density at radius 3 is 2.67 bits per heavy atom. The molecule has 4 heteroatoms. The number of amides is 1. The number of carbonyl (C=O) groups is 1. The second kappa shape index (κ2) is 8.92. The molecule has 0 saturated carbocycles. The molecule has 36 heavy (non-hydrogen) atoms. The van der Waals surface area contributed by atoms with Crippen molar-refractivity contribution in [3.63, 3.8) is 0 Å². The van der Waals surface area contributed by atoms with Crippen molar-refractivity contribution in [2.24, 2.45) is 11.8 Å². The Bertz CT molecular complexity index is 1330. The number of para-hydroxylation sites is 1. The lowest BCUT2D eigenvalue weighted by atomic mass is 9.67. The fourth-order valence-electron chi connectivity index (χ4n) is 8.01. The van der Waals surface area contributed by atoms with Crippen molar-refractivity contribution in [3.05, 3.63) is 77.0 Å². The molecular weight excluding hydrogens is 442 g/mol. The van der Waals surface area contributed by atoms with Gasteiger partial charge < -0.3 is 9.47 Å². The Kier molecular flexibility index (Phi) is 5.54. The zero-order chi connectivity index (χ0) is 24.2. The summed E-state index contributed by atoms with van der Waals surface area (Å²) in [7, 11) is 0. The number of benzene rings is 2. The second-order valence-electron chi connectivity index (χ2n) is 11.6. The van der Waals surface area contributed by atoms with Crippen molar-refractivity contribution in [2.75, 3.05) is 19.6 Å². The van der Waals surface area contributed by atoms with Gasteiger partial charge in [0, 0.05) is 53.4 Å². The molecule has 186 valence electrons. The van der Waals surface area contributed by atoms with Crippen LogP contribution in [-0.2, 0) is 11.3 Å². The van der Waals surface area contributed by atoms with Crippen LogP contribution in [0.2, 0.25) is 0 Å². The molecule has 4 nitrogen and oxygen atoms in total. The van der Waals surface area contributed by atoms with Gasteiger partial charge in [-0.25, -0.2) is 0 Å². The summed E-state index contributed by atoms with van der Waals surface area (Å²) in [6.45, 7) is 6.54. The summed E-state index contributed by atoms with van der Waals surface area (Å²) in [5.74, 6) is 1.65. The summed E-state index contributed by atoms with van der Waals surface area (Å²) in [6.07, 6.45) is 11.7. The third-order valence-electron chi connectivity index (χ3n) is 9.67. The lowest BCUT2D eigenvalue weighted by molar-refractivity contribution is -0.145. The zero-order valence-corrected chi connectivity index (χ0v) is 21.4. The first-order valence-electron chi connectivity index (χ1n) is 14.1. The van der Waals surface area contributed by atoms with Gasteiger partial charge in [0.05, 0.1) is 0 Å². The van der Waals surface area contributed by atoms with Gasteiger partial charge >= 0.3 is 0 Å². The van der Waals surface area contributed by atoms with Crippen LogP contribution in [0, 0.1) is 18.8 Å². The van der Waals surface area contributed by atoms with Crippen molar-refractivity contribution in [1.82, 2.24) is 14.4 Å². The second-order valence-corrected chi connectivity index (χ2v) is 11.6. The normalized spacial score (nSPS) is 29.4. The zero-order valence-electron chi connectivity index (χ0n) is 21.4. The largest absolute Gasteiger partial charge is 0.342 e. The van der Waals surface area contributed by atoms with Crippen LogP contribution < -0.4 is 0 Å². The van der Waals surface area contributed by atoms with Gasteiger partial charge in [0.2, 0.25) is 5.91 Å². The standard InChI is InChI=1S/C32H37N3O/c1-22-8-2-3-9-24(22)19-34-20-26(27-11-4-5-13-29(27)34)18-23-14-15-30-28-12-7-17-33-16-6-10-25(31(28)33)21-35(30)32(23)36/h2-5,8-9,11,13,18,20,25,28,30-31H,6-7,10,12,14-17,19,21H2,1H3/b23-18+/t25-,28+,30+,31-/m0/s1. The number of piperidine rings is 4. The quantitative estimate of drug-likeness (QED) is 0.439. The minimum atomic E-state index is 0.308. The van der Waals surface area contributed by atoms with Crippen LogP contribution in [0.3, 0.4) is 0 Å². The molecule has 4 aliphatic rings. The highest BCUT2D eigenvalue weighted by atomic mass is 16.2. The summed E-state index contributed by atoms with van der Waals surface area (Å²) < 4.78 is 2.35. The SMILES string of the molecule is Cc1ccccc1Cn1cc(/C=C2\CC[C@@H]3[C@H]4CCCN5CCC[C@@H](CN3C2=O)[C@@H]45)c2ccccc21. The van der Waals surface area contributed by atoms with Gasteiger partial charge in [0.25, 0.3) is 0 Å². The smallest absolute Gasteiger partial charge is 0.250 e. The van der Waals surface area contributed by atoms with Crippen LogP contribution in [0.25, 0.3) is 17.0 Å². The van der Waals surface area contributed by atoms with Gasteiger partial charge in [-0.2, -0.15) is 0 Å². The number of aromatic nitrogens is 1. The molecule has 4 atom stereocenters. The molecule has 4 aliphatic heterocycles. The van der Waals surface area contributed by atoms with E-state index in [1.165, 1.54) is 66.4 Å². The molecule has 4 saturated heterocycles. The first-order valence-corrected chi connectivity index (χ1v) is 14.1. The van der Waals surface area contributed by atoms with E-state index in [-0.39, 0.29) is 0 Å². The van der Waals surface area contributed by atoms with Crippen molar-refractivity contribution in [1.29, 1.82) is 0 Å². The van der Waals surface area contributed by atoms with Crippen LogP contribution in [0.15, 0.2) is 60.3 Å². The van der Waals surface area contributed by atoms with Crippen molar-refractivity contribution >= 4 is 22.9 Å². The molecule has 2 aromatic carbocycles. The minimum Gasteiger partial charge on any atom is -0.342 e. The summed E-state index contributed by atoms with van der Waals surface area (Å²) in [4.78, 5) is 19.0. The van der Waals surface area contributed by atoms with E-state index in [0.29, 0.717) is 23.8 Å². The van der Waals surface area contributed by atoms with E-state index in [1.54, 1.807) is 0 Å². The number of hydrogen-bond acceptors (Lipinski definition) is 2. The lowest BCUT2D eigenvalue weighted by Crippen LogP contribution is -2.66. The average Bonchev–Trinajstić information content (AvgIpc) is 3.25. The molecule has 1 aromatic heterocycles. The maximum absolute atomic E-state index is 13.9. The van der Waals surface area contributed by atoms with E-state index >= 15 is 0 Å². The summed E-state index contributed by atoms with van der Waals surface area (Å²) in [6, 6.07) is 18.4. The minimum absolute atomic E-state index is 0.308. The van der Waals surface area contributed by atoms with Crippen molar-refractivity contribution < 1.29 is 4.79 Å². The number of aryl methyl sites for hydroxylation is 1. The van der Waals surface area contributed by atoms with E-state index in [1.807, 2.05) is 0 Å². The molecule has 4 fully saturated rings. The topological polar surface area (TPSA) is 28.5 Å². The molecule has 0 unspecified atom stereocenters. The summed E-state index contributed by atoms with van der Waals surface area (Å²) in [5, 5.41) is 1.24. The Morgan fingerprint density at radius 1 is 0.972 bits per heavy atom. The Balaban J connectivity index is 1.20. The number of fused-ring (bicyclic) bond motifs is 3. The van der Waals surface area contributed by atoms with Crippen LogP contribution in [0.1, 0.15) is 55.2 Å². The number of carbonyl (C=O) groups excluding carboxylic acids is 1. The molecule has 0 spiro atoms. The predicted octanol–water partition coefficient (Wildman–Crippen LogP) is 5.88. The van der Waals surface area contributed by atoms with E-state index in [4.69, 9.17) is 0 Å². The number of nitrogens with zero attached hydrogens (tertiary/aromatic N) is 3. The highest BCUT2D eigenvalue weighted by Crippen LogP contribution is 2.45. The van der Waals surface area contributed by atoms with Gasteiger partial charge in [0.1, 0.15) is 0 Å². The molecule has 0 bridgehead atoms. The van der Waals surface area contributed by atoms with Gasteiger partial charge in [-0.05, 0) is 93.6 Å². The number of hydrogen-bond donors (Lipinski definition) is 0. The highest BCUT2D eigenvalue weighted by Gasteiger charge is 2.51. The molecule has 5 heterocycles. The van der Waals surface area contributed by atoms with Crippen molar-refractivity contribution in [2.45, 2.75) is 64.1 Å². The summed E-state index contributed by atoms with van der Waals surface area (Å²) >= 11 is 0. The monoisotopic (exact) mass is 479 g/mol. The van der Waals surface area contributed by atoms with E-state index in [2.05, 4.69) is 82.1 Å². The maximum Gasteiger partial charge on any atom is 0.250 e. The summed E-state index contributed by atoms with van der Waals surface area (Å²) in [5.41, 5.74) is 6.07. The van der Waals surface area contributed by atoms with Gasteiger partial charge in [-0.3, -0.25) is 9.69 Å². The number of rotatable bonds is 3. The van der Waals surface area contributed by atoms with Gasteiger partial charge in [0.15, 0.2) is 0 Å². The molecule has 3 aromatic rings. The van der Waals surface area contributed by atoms with Crippen LogP contribution in [0.4, 0.5) is 0 Å². The fraction of sp³-hybridized carbons (Fsp3) is 0.469. The first kappa shape index (κ1) is 22.4. The first-order chi connectivity index (χ1) is 17.7. The van der Waals surface area contributed by atoms with Crippen LogP contribution in [-0.4, -0.2) is 52.0 Å². The Labute approximate surface area is 214 Å². The molecule has 0 radical (unpaired) electrons. The molecule has 7 rings (SSSR count). The molecular formula is C32H37N3O. The van der Waals surface area contributed by atoms with Crippen LogP contribution in [0.5, 0.6) is 0 Å². The molecule has 0 N–H and O–H groups in total. The van der Waals surface area contributed by atoms with E-state index < -0.39 is 0 Å². The third-order valence-corrected chi connectivity index (χ3v) is 9.67. The van der Waals surface area contributed by atoms with Gasteiger partial charge in [-0.1, -0.05) is 42.5 Å².